The predicted octanol–water partition coefficient (Wildman–Crippen LogP) is 2.16. The SMILES string of the molecule is C#CCCN1CCC2C(O)c3ccccc3C2C1. The van der Waals surface area contributed by atoms with Crippen LogP contribution in [0.15, 0.2) is 24.3 Å². The summed E-state index contributed by atoms with van der Waals surface area (Å²) in [7, 11) is 0. The molecule has 18 heavy (non-hydrogen) atoms. The number of aliphatic hydroxyl groups excluding tert-OH is 1. The van der Waals surface area contributed by atoms with Gasteiger partial charge in [0, 0.05) is 25.4 Å². The van der Waals surface area contributed by atoms with Crippen LogP contribution in [-0.2, 0) is 0 Å². The average Bonchev–Trinajstić information content (AvgIpc) is 2.71. The molecule has 2 nitrogen and oxygen atoms in total. The molecule has 3 atom stereocenters. The van der Waals surface area contributed by atoms with Crippen molar-refractivity contribution in [3.05, 3.63) is 35.4 Å². The third kappa shape index (κ3) is 1.84. The quantitative estimate of drug-likeness (QED) is 0.802. The minimum atomic E-state index is -0.263. The van der Waals surface area contributed by atoms with Crippen molar-refractivity contribution in [2.75, 3.05) is 19.6 Å². The molecule has 0 aromatic heterocycles. The second-order valence-electron chi connectivity index (χ2n) is 5.39. The number of aliphatic hydroxyl groups is 1. The van der Waals surface area contributed by atoms with Crippen LogP contribution in [0.4, 0.5) is 0 Å². The standard InChI is InChI=1S/C16H19NO/c1-2-3-9-17-10-8-14-15(11-17)12-6-4-5-7-13(12)16(14)18/h1,4-7,14-16,18H,3,8-11H2. The highest BCUT2D eigenvalue weighted by atomic mass is 16.3. The molecule has 0 saturated carbocycles. The fraction of sp³-hybridized carbons (Fsp3) is 0.500. The van der Waals surface area contributed by atoms with Crippen molar-refractivity contribution >= 4 is 0 Å². The molecule has 1 N–H and O–H groups in total. The van der Waals surface area contributed by atoms with Crippen molar-refractivity contribution in [1.82, 2.24) is 4.90 Å². The van der Waals surface area contributed by atoms with Crippen LogP contribution in [0.25, 0.3) is 0 Å². The van der Waals surface area contributed by atoms with Crippen LogP contribution in [0.1, 0.15) is 36.0 Å². The molecule has 1 heterocycles. The molecule has 94 valence electrons. The molecule has 0 bridgehead atoms. The first-order valence-electron chi connectivity index (χ1n) is 6.74. The van der Waals surface area contributed by atoms with E-state index in [0.717, 1.165) is 38.0 Å². The molecule has 3 rings (SSSR count). The Morgan fingerprint density at radius 3 is 2.89 bits per heavy atom. The summed E-state index contributed by atoms with van der Waals surface area (Å²) in [6, 6.07) is 8.35. The third-order valence-corrected chi connectivity index (χ3v) is 4.44. The van der Waals surface area contributed by atoms with Crippen molar-refractivity contribution in [3.8, 4) is 12.3 Å². The zero-order chi connectivity index (χ0) is 12.5. The minimum absolute atomic E-state index is 0.263. The van der Waals surface area contributed by atoms with Crippen molar-refractivity contribution in [2.24, 2.45) is 5.92 Å². The Morgan fingerprint density at radius 2 is 2.11 bits per heavy atom. The van der Waals surface area contributed by atoms with Crippen LogP contribution in [-0.4, -0.2) is 29.6 Å². The Kier molecular flexibility index (Phi) is 3.11. The first-order chi connectivity index (χ1) is 8.81. The molecule has 2 aliphatic rings. The molecular weight excluding hydrogens is 222 g/mol. The van der Waals surface area contributed by atoms with Gasteiger partial charge in [0.15, 0.2) is 0 Å². The summed E-state index contributed by atoms with van der Waals surface area (Å²) in [5.41, 5.74) is 2.49. The third-order valence-electron chi connectivity index (χ3n) is 4.44. The van der Waals surface area contributed by atoms with Gasteiger partial charge >= 0.3 is 0 Å². The minimum Gasteiger partial charge on any atom is -0.388 e. The molecule has 1 fully saturated rings. The Hall–Kier alpha value is -1.30. The highest BCUT2D eigenvalue weighted by Gasteiger charge is 2.42. The molecule has 1 aliphatic heterocycles. The molecule has 0 amide bonds. The fourth-order valence-electron chi connectivity index (χ4n) is 3.52. The second-order valence-corrected chi connectivity index (χ2v) is 5.39. The fourth-order valence-corrected chi connectivity index (χ4v) is 3.52. The number of likely N-dealkylation sites (tertiary alicyclic amines) is 1. The summed E-state index contributed by atoms with van der Waals surface area (Å²) >= 11 is 0. The lowest BCUT2D eigenvalue weighted by Gasteiger charge is -2.36. The van der Waals surface area contributed by atoms with E-state index in [1.54, 1.807) is 0 Å². The molecule has 1 aromatic rings. The van der Waals surface area contributed by atoms with Crippen LogP contribution in [0.3, 0.4) is 0 Å². The van der Waals surface area contributed by atoms with E-state index in [-0.39, 0.29) is 6.10 Å². The van der Waals surface area contributed by atoms with Gasteiger partial charge in [0.25, 0.3) is 0 Å². The first-order valence-corrected chi connectivity index (χ1v) is 6.74. The van der Waals surface area contributed by atoms with Crippen LogP contribution in [0, 0.1) is 18.3 Å². The van der Waals surface area contributed by atoms with Crippen molar-refractivity contribution < 1.29 is 5.11 Å². The van der Waals surface area contributed by atoms with E-state index in [9.17, 15) is 5.11 Å². The summed E-state index contributed by atoms with van der Waals surface area (Å²) in [5.74, 6) is 3.61. The van der Waals surface area contributed by atoms with Crippen molar-refractivity contribution in [2.45, 2.75) is 24.9 Å². The summed E-state index contributed by atoms with van der Waals surface area (Å²) in [5, 5.41) is 10.4. The maximum absolute atomic E-state index is 10.4. The molecule has 1 saturated heterocycles. The Labute approximate surface area is 109 Å². The Bertz CT molecular complexity index is 476. The van der Waals surface area contributed by atoms with E-state index in [4.69, 9.17) is 6.42 Å². The van der Waals surface area contributed by atoms with E-state index in [2.05, 4.69) is 29.0 Å². The molecule has 0 spiro atoms. The zero-order valence-corrected chi connectivity index (χ0v) is 10.5. The zero-order valence-electron chi connectivity index (χ0n) is 10.5. The lowest BCUT2D eigenvalue weighted by atomic mass is 9.85. The van der Waals surface area contributed by atoms with Gasteiger partial charge in [-0.1, -0.05) is 24.3 Å². The Morgan fingerprint density at radius 1 is 1.33 bits per heavy atom. The highest BCUT2D eigenvalue weighted by molar-refractivity contribution is 5.39. The molecule has 3 unspecified atom stereocenters. The maximum Gasteiger partial charge on any atom is 0.0827 e. The number of rotatable bonds is 2. The van der Waals surface area contributed by atoms with Gasteiger partial charge in [-0.15, -0.1) is 12.3 Å². The van der Waals surface area contributed by atoms with Gasteiger partial charge in [-0.2, -0.15) is 0 Å². The maximum atomic E-state index is 10.4. The largest absolute Gasteiger partial charge is 0.388 e. The van der Waals surface area contributed by atoms with Gasteiger partial charge in [0.05, 0.1) is 6.10 Å². The van der Waals surface area contributed by atoms with E-state index >= 15 is 0 Å². The summed E-state index contributed by atoms with van der Waals surface area (Å²) in [6.45, 7) is 3.09. The number of benzene rings is 1. The van der Waals surface area contributed by atoms with Crippen LogP contribution in [0.2, 0.25) is 0 Å². The van der Waals surface area contributed by atoms with Gasteiger partial charge < -0.3 is 10.0 Å². The number of terminal acetylenes is 1. The summed E-state index contributed by atoms with van der Waals surface area (Å²) < 4.78 is 0. The van der Waals surface area contributed by atoms with Gasteiger partial charge in [0.1, 0.15) is 0 Å². The highest BCUT2D eigenvalue weighted by Crippen LogP contribution is 2.48. The molecule has 1 aromatic carbocycles. The summed E-state index contributed by atoms with van der Waals surface area (Å²) in [6.07, 6.45) is 6.97. The van der Waals surface area contributed by atoms with E-state index in [1.165, 1.54) is 5.56 Å². The number of piperidine rings is 1. The van der Waals surface area contributed by atoms with Gasteiger partial charge in [-0.3, -0.25) is 0 Å². The second kappa shape index (κ2) is 4.76. The lowest BCUT2D eigenvalue weighted by Crippen LogP contribution is -2.38. The van der Waals surface area contributed by atoms with Gasteiger partial charge in [0.2, 0.25) is 0 Å². The molecule has 1 aliphatic carbocycles. The first kappa shape index (κ1) is 11.8. The number of nitrogens with zero attached hydrogens (tertiary/aromatic N) is 1. The average molecular weight is 241 g/mol. The number of fused-ring (bicyclic) bond motifs is 3. The molecular formula is C16H19NO. The van der Waals surface area contributed by atoms with Crippen molar-refractivity contribution in [1.29, 1.82) is 0 Å². The van der Waals surface area contributed by atoms with E-state index in [0.29, 0.717) is 11.8 Å². The monoisotopic (exact) mass is 241 g/mol. The van der Waals surface area contributed by atoms with Gasteiger partial charge in [-0.05, 0) is 30.0 Å². The summed E-state index contributed by atoms with van der Waals surface area (Å²) in [4.78, 5) is 2.44. The topological polar surface area (TPSA) is 23.5 Å². The molecule has 2 heteroatoms. The van der Waals surface area contributed by atoms with Crippen LogP contribution < -0.4 is 0 Å². The molecule has 0 radical (unpaired) electrons. The predicted molar refractivity (Wildman–Crippen MR) is 72.1 cm³/mol. The van der Waals surface area contributed by atoms with Crippen LogP contribution in [0.5, 0.6) is 0 Å². The van der Waals surface area contributed by atoms with Gasteiger partial charge in [-0.25, -0.2) is 0 Å². The smallest absolute Gasteiger partial charge is 0.0827 e. The van der Waals surface area contributed by atoms with Crippen LogP contribution >= 0.6 is 0 Å². The number of hydrogen-bond donors (Lipinski definition) is 1. The van der Waals surface area contributed by atoms with Crippen molar-refractivity contribution in [3.63, 3.8) is 0 Å². The Balaban J connectivity index is 1.81. The number of hydrogen-bond acceptors (Lipinski definition) is 2. The normalized spacial score (nSPS) is 30.6. The van der Waals surface area contributed by atoms with E-state index in [1.807, 2.05) is 6.07 Å². The van der Waals surface area contributed by atoms with E-state index < -0.39 is 0 Å². The lowest BCUT2D eigenvalue weighted by molar-refractivity contribution is 0.0620.